The second-order valence-electron chi connectivity index (χ2n) is 8.75. The largest absolute Gasteiger partial charge is 0.526 e. The number of nitrogens with one attached hydrogen (secondary N) is 1. The lowest BCUT2D eigenvalue weighted by Crippen LogP contribution is -2.63. The van der Waals surface area contributed by atoms with Crippen LogP contribution in [0.3, 0.4) is 0 Å². The topological polar surface area (TPSA) is 135 Å². The Morgan fingerprint density at radius 3 is 2.81 bits per heavy atom. The molecule has 1 aliphatic heterocycles. The Labute approximate surface area is 190 Å². The number of azide groups is 1. The molecule has 2 heterocycles. The van der Waals surface area contributed by atoms with Crippen molar-refractivity contribution in [1.82, 2.24) is 20.1 Å². The number of hydrogen-bond donors (Lipinski definition) is 1. The van der Waals surface area contributed by atoms with Gasteiger partial charge in [-0.1, -0.05) is 16.7 Å². The number of rotatable bonds is 4. The van der Waals surface area contributed by atoms with Gasteiger partial charge in [-0.25, -0.2) is 14.5 Å². The predicted molar refractivity (Wildman–Crippen MR) is 117 cm³/mol. The average molecular weight is 462 g/mol. The zero-order valence-electron chi connectivity index (χ0n) is 18.4. The van der Waals surface area contributed by atoms with Gasteiger partial charge < -0.3 is 10.1 Å². The minimum atomic E-state index is -0.786. The summed E-state index contributed by atoms with van der Waals surface area (Å²) >= 11 is 6.17. The third kappa shape index (κ3) is 4.85. The van der Waals surface area contributed by atoms with E-state index >= 15 is 0 Å². The number of hydrogen-bond acceptors (Lipinski definition) is 6. The minimum Gasteiger partial charge on any atom is -0.414 e. The Morgan fingerprint density at radius 1 is 1.44 bits per heavy atom. The highest BCUT2D eigenvalue weighted by Crippen LogP contribution is 2.32. The number of halogens is 1. The number of imide groups is 1. The van der Waals surface area contributed by atoms with E-state index in [0.29, 0.717) is 22.7 Å². The van der Waals surface area contributed by atoms with Crippen molar-refractivity contribution in [2.45, 2.75) is 58.3 Å². The molecule has 1 fully saturated rings. The maximum atomic E-state index is 13.5. The van der Waals surface area contributed by atoms with Crippen molar-refractivity contribution in [2.24, 2.45) is 5.11 Å². The van der Waals surface area contributed by atoms with E-state index in [1.54, 1.807) is 50.6 Å². The lowest BCUT2D eigenvalue weighted by Gasteiger charge is -2.34. The van der Waals surface area contributed by atoms with Gasteiger partial charge in [0.25, 0.3) is 0 Å². The number of carbonyl (C=O) groups is 2. The van der Waals surface area contributed by atoms with Crippen molar-refractivity contribution in [3.8, 4) is 5.69 Å². The Hall–Kier alpha value is -3.14. The fourth-order valence-corrected chi connectivity index (χ4v) is 4.04. The smallest absolute Gasteiger partial charge is 0.414 e. The molecule has 1 aromatic carbocycles. The average Bonchev–Trinajstić information content (AvgIpc) is 3.34. The zero-order chi connectivity index (χ0) is 23.5. The van der Waals surface area contributed by atoms with Gasteiger partial charge in [0.2, 0.25) is 0 Å². The fourth-order valence-electron chi connectivity index (χ4n) is 3.84. The number of carbonyl (C=O) groups excluding carboxylic acids is 2. The van der Waals surface area contributed by atoms with Crippen molar-refractivity contribution in [2.75, 3.05) is 6.54 Å². The maximum Gasteiger partial charge on any atom is 0.526 e. The normalized spacial score (nSPS) is 22.8. The molecular formula is C20H26ClN8O3+. The van der Waals surface area contributed by atoms with Gasteiger partial charge in [0.05, 0.1) is 18.3 Å². The van der Waals surface area contributed by atoms with E-state index in [1.807, 2.05) is 0 Å². The second-order valence-corrected chi connectivity index (χ2v) is 9.18. The van der Waals surface area contributed by atoms with Crippen molar-refractivity contribution in [1.29, 1.82) is 0 Å². The van der Waals surface area contributed by atoms with Gasteiger partial charge in [-0.2, -0.15) is 9.89 Å². The van der Waals surface area contributed by atoms with Crippen molar-refractivity contribution >= 4 is 23.7 Å². The number of nitrogens with zero attached hydrogens (tertiary/aromatic N) is 7. The van der Waals surface area contributed by atoms with Crippen molar-refractivity contribution < 1.29 is 18.8 Å². The number of quaternary nitrogens is 1. The molecule has 1 N–H and O–H groups in total. The first-order valence-corrected chi connectivity index (χ1v) is 10.5. The van der Waals surface area contributed by atoms with E-state index in [4.69, 9.17) is 21.9 Å². The third-order valence-corrected chi connectivity index (χ3v) is 5.53. The molecule has 1 aliphatic rings. The summed E-state index contributed by atoms with van der Waals surface area (Å²) in [6, 6.07) is 3.73. The monoisotopic (exact) mass is 461 g/mol. The summed E-state index contributed by atoms with van der Waals surface area (Å²) in [7, 11) is 0. The molecule has 32 heavy (non-hydrogen) atoms. The summed E-state index contributed by atoms with van der Waals surface area (Å²) in [4.78, 5) is 33.5. The highest BCUT2D eigenvalue weighted by Gasteiger charge is 2.58. The summed E-state index contributed by atoms with van der Waals surface area (Å²) in [5.41, 5.74) is 9.45. The van der Waals surface area contributed by atoms with Crippen LogP contribution in [-0.2, 0) is 11.3 Å². The summed E-state index contributed by atoms with van der Waals surface area (Å²) < 4.78 is 6.54. The van der Waals surface area contributed by atoms with E-state index in [1.165, 1.54) is 12.7 Å². The van der Waals surface area contributed by atoms with Crippen LogP contribution >= 0.6 is 11.6 Å². The molecule has 0 saturated carbocycles. The van der Waals surface area contributed by atoms with Gasteiger partial charge in [-0.15, -0.1) is 4.48 Å². The van der Waals surface area contributed by atoms with Crippen LogP contribution in [0.5, 0.6) is 0 Å². The van der Waals surface area contributed by atoms with Gasteiger partial charge in [0, 0.05) is 16.4 Å². The summed E-state index contributed by atoms with van der Waals surface area (Å²) in [5, 5.41) is 11.2. The maximum absolute atomic E-state index is 13.5. The molecule has 2 unspecified atom stereocenters. The fraction of sp³-hybridized carbons (Fsp3) is 0.500. The molecule has 1 aromatic heterocycles. The Balaban J connectivity index is 1.90. The molecule has 11 nitrogen and oxygen atoms in total. The van der Waals surface area contributed by atoms with Crippen LogP contribution < -0.4 is 5.32 Å². The molecular weight excluding hydrogens is 436 g/mol. The van der Waals surface area contributed by atoms with Crippen molar-refractivity contribution in [3.63, 3.8) is 0 Å². The lowest BCUT2D eigenvalue weighted by molar-refractivity contribution is -0.789. The number of urea groups is 1. The molecule has 3 amide bonds. The number of benzene rings is 1. The summed E-state index contributed by atoms with van der Waals surface area (Å²) in [6.07, 6.45) is 2.65. The molecule has 3 atom stereocenters. The van der Waals surface area contributed by atoms with Crippen LogP contribution in [0.15, 0.2) is 36.0 Å². The first kappa shape index (κ1) is 23.5. The quantitative estimate of drug-likeness (QED) is 0.312. The Morgan fingerprint density at radius 2 is 2.19 bits per heavy atom. The van der Waals surface area contributed by atoms with Gasteiger partial charge in [0.1, 0.15) is 30.8 Å². The molecule has 2 aromatic rings. The lowest BCUT2D eigenvalue weighted by atomic mass is 10.1. The van der Waals surface area contributed by atoms with E-state index in [9.17, 15) is 9.59 Å². The van der Waals surface area contributed by atoms with E-state index < -0.39 is 34.3 Å². The molecule has 0 spiro atoms. The number of ether oxygens (including phenoxy) is 1. The third-order valence-electron chi connectivity index (χ3n) is 5.30. The van der Waals surface area contributed by atoms with Crippen LogP contribution in [0, 0.1) is 0 Å². The number of amides is 3. The molecule has 0 bridgehead atoms. The predicted octanol–water partition coefficient (Wildman–Crippen LogP) is 4.35. The van der Waals surface area contributed by atoms with Crippen LogP contribution in [0.4, 0.5) is 9.59 Å². The Kier molecular flexibility index (Phi) is 6.73. The number of aromatic nitrogens is 3. The Bertz CT molecular complexity index is 1050. The van der Waals surface area contributed by atoms with Crippen LogP contribution in [0.1, 0.15) is 39.7 Å². The second kappa shape index (κ2) is 9.15. The molecule has 170 valence electrons. The van der Waals surface area contributed by atoms with Crippen LogP contribution in [-0.4, -0.2) is 55.6 Å². The molecule has 12 heteroatoms. The number of likely N-dealkylation sites (tertiary alicyclic amines) is 1. The van der Waals surface area contributed by atoms with Crippen LogP contribution in [0.2, 0.25) is 5.02 Å². The minimum absolute atomic E-state index is 0.0253. The standard InChI is InChI=1S/C20H25ClN8O3/c1-13-7-16(26-27-22)10-29(13,19(31)32-20(2,3)4)18(30)24-9-14-8-15(21)5-6-17(14)28-12-23-11-25-28/h5-6,8,11-13,16H,7,9-10H2,1-4H3/p+1/t13?,16-,29?/m0/s1. The van der Waals surface area contributed by atoms with E-state index in [2.05, 4.69) is 25.4 Å². The molecule has 1 saturated heterocycles. The molecule has 0 radical (unpaired) electrons. The zero-order valence-corrected chi connectivity index (χ0v) is 19.2. The van der Waals surface area contributed by atoms with Gasteiger partial charge in [0.15, 0.2) is 0 Å². The summed E-state index contributed by atoms with van der Waals surface area (Å²) in [6.45, 7) is 7.11. The SMILES string of the molecule is CC1C[C@H](N=[N+]=[N-])C[N+]1(C(=O)NCc1cc(Cl)ccc1-n1cncn1)C(=O)OC(C)(C)C. The summed E-state index contributed by atoms with van der Waals surface area (Å²) in [5.74, 6) is 0. The van der Waals surface area contributed by atoms with E-state index in [-0.39, 0.29) is 13.1 Å². The first-order chi connectivity index (χ1) is 15.1. The molecule has 3 rings (SSSR count). The van der Waals surface area contributed by atoms with Gasteiger partial charge in [-0.3, -0.25) is 0 Å². The highest BCUT2D eigenvalue weighted by atomic mass is 35.5. The van der Waals surface area contributed by atoms with Gasteiger partial charge in [-0.05, 0) is 57.0 Å². The van der Waals surface area contributed by atoms with E-state index in [0.717, 1.165) is 0 Å². The van der Waals surface area contributed by atoms with Gasteiger partial charge >= 0.3 is 12.1 Å². The molecule has 0 aliphatic carbocycles. The highest BCUT2D eigenvalue weighted by molar-refractivity contribution is 6.30. The van der Waals surface area contributed by atoms with Crippen LogP contribution in [0.25, 0.3) is 16.1 Å². The van der Waals surface area contributed by atoms with Crippen molar-refractivity contribution in [3.05, 3.63) is 51.9 Å². The first-order valence-electron chi connectivity index (χ1n) is 10.1.